The van der Waals surface area contributed by atoms with E-state index in [0.717, 1.165) is 29.6 Å². The predicted octanol–water partition coefficient (Wildman–Crippen LogP) is 4.14. The maximum absolute atomic E-state index is 12.1. The third-order valence-electron chi connectivity index (χ3n) is 4.03. The Kier molecular flexibility index (Phi) is 4.28. The van der Waals surface area contributed by atoms with Crippen LogP contribution in [0, 0.1) is 5.92 Å². The van der Waals surface area contributed by atoms with Gasteiger partial charge in [0.05, 0.1) is 11.4 Å². The summed E-state index contributed by atoms with van der Waals surface area (Å²) in [5.41, 5.74) is 2.70. The van der Waals surface area contributed by atoms with Crippen LogP contribution in [0.25, 0.3) is 11.1 Å². The monoisotopic (exact) mass is 359 g/mol. The second-order valence-electron chi connectivity index (χ2n) is 6.02. The number of thiazole rings is 1. The number of carbonyl (C=O) groups is 1. The lowest BCUT2D eigenvalue weighted by Crippen LogP contribution is -2.14. The lowest BCUT2D eigenvalue weighted by molar-refractivity contribution is -0.113. The van der Waals surface area contributed by atoms with Gasteiger partial charge in [0.15, 0.2) is 10.7 Å². The smallest absolute Gasteiger partial charge is 0.257 e. The maximum atomic E-state index is 12.1. The van der Waals surface area contributed by atoms with E-state index in [-0.39, 0.29) is 11.7 Å². The molecule has 1 N–H and O–H groups in total. The number of anilines is 1. The summed E-state index contributed by atoms with van der Waals surface area (Å²) in [6.07, 6.45) is 3.26. The molecular formula is C17H17N3O2S2. The van der Waals surface area contributed by atoms with Gasteiger partial charge in [0, 0.05) is 4.88 Å². The summed E-state index contributed by atoms with van der Waals surface area (Å²) in [6, 6.07) is 7.58. The molecule has 4 rings (SSSR count). The first-order valence-corrected chi connectivity index (χ1v) is 9.74. The van der Waals surface area contributed by atoms with Crippen molar-refractivity contribution in [2.75, 3.05) is 11.1 Å². The van der Waals surface area contributed by atoms with Gasteiger partial charge in [0.25, 0.3) is 5.22 Å². The Morgan fingerprint density at radius 2 is 2.29 bits per heavy atom. The van der Waals surface area contributed by atoms with E-state index in [1.807, 2.05) is 24.3 Å². The topological polar surface area (TPSA) is 68.0 Å². The highest BCUT2D eigenvalue weighted by molar-refractivity contribution is 7.99. The molecule has 0 unspecified atom stereocenters. The Bertz CT molecular complexity index is 854. The molecule has 0 spiro atoms. The molecule has 24 heavy (non-hydrogen) atoms. The summed E-state index contributed by atoms with van der Waals surface area (Å²) in [5.74, 6) is 0.880. The molecule has 0 radical (unpaired) electrons. The maximum Gasteiger partial charge on any atom is 0.257 e. The first-order valence-electron chi connectivity index (χ1n) is 7.94. The third kappa shape index (κ3) is 3.32. The number of aryl methyl sites for hydroxylation is 1. The lowest BCUT2D eigenvalue weighted by atomic mass is 9.93. The fourth-order valence-electron chi connectivity index (χ4n) is 2.79. The van der Waals surface area contributed by atoms with Crippen molar-refractivity contribution in [2.45, 2.75) is 31.4 Å². The summed E-state index contributed by atoms with van der Waals surface area (Å²) >= 11 is 2.90. The molecule has 0 saturated heterocycles. The molecule has 124 valence electrons. The minimum atomic E-state index is -0.0820. The number of hydrogen-bond acceptors (Lipinski definition) is 6. The van der Waals surface area contributed by atoms with E-state index in [1.165, 1.54) is 23.1 Å². The van der Waals surface area contributed by atoms with E-state index in [0.29, 0.717) is 16.3 Å². The lowest BCUT2D eigenvalue weighted by Gasteiger charge is -2.15. The van der Waals surface area contributed by atoms with Gasteiger partial charge in [0.2, 0.25) is 5.91 Å². The van der Waals surface area contributed by atoms with Crippen LogP contribution < -0.4 is 5.32 Å². The van der Waals surface area contributed by atoms with Gasteiger partial charge in [-0.2, -0.15) is 0 Å². The molecule has 1 amide bonds. The van der Waals surface area contributed by atoms with E-state index < -0.39 is 0 Å². The zero-order chi connectivity index (χ0) is 16.5. The minimum Gasteiger partial charge on any atom is -0.431 e. The van der Waals surface area contributed by atoms with Crippen molar-refractivity contribution in [3.63, 3.8) is 0 Å². The van der Waals surface area contributed by atoms with Gasteiger partial charge >= 0.3 is 0 Å². The van der Waals surface area contributed by atoms with Gasteiger partial charge in [-0.1, -0.05) is 30.8 Å². The molecule has 0 aliphatic heterocycles. The number of amides is 1. The van der Waals surface area contributed by atoms with Crippen molar-refractivity contribution in [3.05, 3.63) is 34.8 Å². The SMILES string of the molecule is C[C@H]1CCc2nc(NC(=O)CSc3nc4ccccc4o3)sc2C1. The Balaban J connectivity index is 1.36. The molecule has 2 heterocycles. The van der Waals surface area contributed by atoms with Crippen LogP contribution >= 0.6 is 23.1 Å². The number of thioether (sulfide) groups is 1. The van der Waals surface area contributed by atoms with Crippen molar-refractivity contribution in [2.24, 2.45) is 5.92 Å². The largest absolute Gasteiger partial charge is 0.431 e. The molecule has 5 nitrogen and oxygen atoms in total. The van der Waals surface area contributed by atoms with Crippen molar-refractivity contribution in [1.82, 2.24) is 9.97 Å². The van der Waals surface area contributed by atoms with Crippen LogP contribution in [0.5, 0.6) is 0 Å². The zero-order valence-electron chi connectivity index (χ0n) is 13.2. The predicted molar refractivity (Wildman–Crippen MR) is 96.7 cm³/mol. The number of benzene rings is 1. The molecule has 0 saturated carbocycles. The normalized spacial score (nSPS) is 17.0. The summed E-state index contributed by atoms with van der Waals surface area (Å²) in [5, 5.41) is 4.11. The second kappa shape index (κ2) is 6.57. The second-order valence-corrected chi connectivity index (χ2v) is 8.03. The van der Waals surface area contributed by atoms with E-state index >= 15 is 0 Å². The number of carbonyl (C=O) groups excluding carboxylic acids is 1. The Morgan fingerprint density at radius 1 is 1.42 bits per heavy atom. The molecule has 1 atom stereocenters. The standard InChI is InChI=1S/C17H17N3O2S2/c1-10-6-7-12-14(8-10)24-16(18-12)20-15(21)9-23-17-19-11-4-2-3-5-13(11)22-17/h2-5,10H,6-9H2,1H3,(H,18,20,21)/t10-/m0/s1. The van der Waals surface area contributed by atoms with Crippen molar-refractivity contribution >= 4 is 45.2 Å². The Morgan fingerprint density at radius 3 is 3.17 bits per heavy atom. The van der Waals surface area contributed by atoms with Crippen LogP contribution in [-0.4, -0.2) is 21.6 Å². The van der Waals surface area contributed by atoms with E-state index in [2.05, 4.69) is 22.2 Å². The fourth-order valence-corrected chi connectivity index (χ4v) is 4.61. The molecule has 7 heteroatoms. The molecular weight excluding hydrogens is 342 g/mol. The minimum absolute atomic E-state index is 0.0820. The van der Waals surface area contributed by atoms with Crippen LogP contribution in [0.3, 0.4) is 0 Å². The zero-order valence-corrected chi connectivity index (χ0v) is 14.9. The number of rotatable bonds is 4. The van der Waals surface area contributed by atoms with Crippen molar-refractivity contribution in [3.8, 4) is 0 Å². The van der Waals surface area contributed by atoms with Crippen LogP contribution in [0.15, 0.2) is 33.9 Å². The average molecular weight is 359 g/mol. The number of fused-ring (bicyclic) bond motifs is 2. The first kappa shape index (κ1) is 15.7. The summed E-state index contributed by atoms with van der Waals surface area (Å²) in [7, 11) is 0. The van der Waals surface area contributed by atoms with Gasteiger partial charge in [-0.05, 0) is 37.3 Å². The van der Waals surface area contributed by atoms with Crippen LogP contribution in [0.2, 0.25) is 0 Å². The summed E-state index contributed by atoms with van der Waals surface area (Å²) in [4.78, 5) is 22.4. The Labute approximate surface area is 147 Å². The highest BCUT2D eigenvalue weighted by atomic mass is 32.2. The van der Waals surface area contributed by atoms with Crippen molar-refractivity contribution < 1.29 is 9.21 Å². The number of hydrogen-bond donors (Lipinski definition) is 1. The van der Waals surface area contributed by atoms with Gasteiger partial charge in [0.1, 0.15) is 5.52 Å². The average Bonchev–Trinajstić information content (AvgIpc) is 3.15. The molecule has 1 aromatic carbocycles. The highest BCUT2D eigenvalue weighted by Gasteiger charge is 2.20. The molecule has 0 bridgehead atoms. The van der Waals surface area contributed by atoms with Gasteiger partial charge in [-0.3, -0.25) is 4.79 Å². The van der Waals surface area contributed by atoms with Crippen LogP contribution in [-0.2, 0) is 17.6 Å². The molecule has 3 aromatic rings. The third-order valence-corrected chi connectivity index (χ3v) is 5.90. The van der Waals surface area contributed by atoms with E-state index in [4.69, 9.17) is 4.42 Å². The molecule has 1 aliphatic rings. The Hall–Kier alpha value is -1.86. The molecule has 2 aromatic heterocycles. The van der Waals surface area contributed by atoms with Gasteiger partial charge in [-0.15, -0.1) is 11.3 Å². The van der Waals surface area contributed by atoms with Crippen molar-refractivity contribution in [1.29, 1.82) is 0 Å². The van der Waals surface area contributed by atoms with Gasteiger partial charge < -0.3 is 9.73 Å². The number of nitrogens with one attached hydrogen (secondary N) is 1. The number of nitrogens with zero attached hydrogens (tertiary/aromatic N) is 2. The fraction of sp³-hybridized carbons (Fsp3) is 0.353. The van der Waals surface area contributed by atoms with Crippen LogP contribution in [0.1, 0.15) is 23.9 Å². The molecule has 1 aliphatic carbocycles. The molecule has 0 fully saturated rings. The quantitative estimate of drug-likeness (QED) is 0.709. The van der Waals surface area contributed by atoms with Gasteiger partial charge in [-0.25, -0.2) is 9.97 Å². The first-order chi connectivity index (χ1) is 11.7. The summed E-state index contributed by atoms with van der Waals surface area (Å²) in [6.45, 7) is 2.26. The number of aromatic nitrogens is 2. The van der Waals surface area contributed by atoms with Crippen LogP contribution in [0.4, 0.5) is 5.13 Å². The number of para-hydroxylation sites is 2. The van der Waals surface area contributed by atoms with E-state index in [1.54, 1.807) is 11.3 Å². The number of oxazole rings is 1. The van der Waals surface area contributed by atoms with E-state index in [9.17, 15) is 4.79 Å². The highest BCUT2D eigenvalue weighted by Crippen LogP contribution is 2.32. The summed E-state index contributed by atoms with van der Waals surface area (Å²) < 4.78 is 5.61.